The van der Waals surface area contributed by atoms with Gasteiger partial charge in [0, 0.05) is 30.8 Å². The van der Waals surface area contributed by atoms with Gasteiger partial charge in [-0.25, -0.2) is 4.79 Å². The summed E-state index contributed by atoms with van der Waals surface area (Å²) < 4.78 is 23.9. The van der Waals surface area contributed by atoms with Gasteiger partial charge in [-0.05, 0) is 46.2 Å². The lowest BCUT2D eigenvalue weighted by molar-refractivity contribution is 0.0222. The van der Waals surface area contributed by atoms with E-state index in [1.54, 1.807) is 24.0 Å². The molecular weight excluding hydrogens is 478 g/mol. The van der Waals surface area contributed by atoms with Crippen molar-refractivity contribution in [1.29, 1.82) is 0 Å². The predicted molar refractivity (Wildman–Crippen MR) is 131 cm³/mol. The molecule has 0 aromatic carbocycles. The van der Waals surface area contributed by atoms with Gasteiger partial charge >= 0.3 is 6.09 Å². The van der Waals surface area contributed by atoms with Crippen molar-refractivity contribution in [1.82, 2.24) is 34.9 Å². The molecule has 0 saturated carbocycles. The summed E-state index contributed by atoms with van der Waals surface area (Å²) in [5.41, 5.74) is 3.12. The highest BCUT2D eigenvalue weighted by Gasteiger charge is 2.27. The van der Waals surface area contributed by atoms with Crippen molar-refractivity contribution in [3.8, 4) is 23.1 Å². The predicted octanol–water partition coefficient (Wildman–Crippen LogP) is 3.92. The number of amides is 1. The Kier molecular flexibility index (Phi) is 6.18. The van der Waals surface area contributed by atoms with Gasteiger partial charge in [-0.15, -0.1) is 15.3 Å². The number of methoxy groups -OCH3 is 1. The van der Waals surface area contributed by atoms with E-state index in [4.69, 9.17) is 23.7 Å². The number of nitrogens with zero attached hydrogens (tertiary/aromatic N) is 7. The first kappa shape index (κ1) is 24.5. The molecule has 4 aromatic heterocycles. The first-order valence-electron chi connectivity index (χ1n) is 12.0. The second-order valence-electron chi connectivity index (χ2n) is 9.89. The lowest BCUT2D eigenvalue weighted by Gasteiger charge is -2.31. The zero-order chi connectivity index (χ0) is 26.3. The minimum atomic E-state index is -0.536. The van der Waals surface area contributed by atoms with E-state index in [-0.39, 0.29) is 12.0 Å². The van der Waals surface area contributed by atoms with Crippen LogP contribution in [0.4, 0.5) is 4.79 Å². The van der Waals surface area contributed by atoms with Crippen LogP contribution < -0.4 is 9.47 Å². The summed E-state index contributed by atoms with van der Waals surface area (Å²) in [5, 5.41) is 16.9. The number of carbonyl (C=O) groups excluding carboxylic acids is 1. The molecule has 1 aliphatic heterocycles. The maximum atomic E-state index is 12.5. The Labute approximate surface area is 213 Å². The Morgan fingerprint density at radius 3 is 2.70 bits per heavy atom. The second-order valence-corrected chi connectivity index (χ2v) is 9.89. The van der Waals surface area contributed by atoms with E-state index in [1.807, 2.05) is 39.8 Å². The minimum Gasteiger partial charge on any atom is -0.491 e. The molecule has 0 bridgehead atoms. The van der Waals surface area contributed by atoms with Crippen LogP contribution in [0.2, 0.25) is 0 Å². The Hall–Kier alpha value is -4.22. The number of rotatable bonds is 5. The van der Waals surface area contributed by atoms with Gasteiger partial charge in [0.1, 0.15) is 17.5 Å². The molecule has 1 aliphatic rings. The summed E-state index contributed by atoms with van der Waals surface area (Å²) in [6.45, 7) is 10.3. The van der Waals surface area contributed by atoms with Gasteiger partial charge in [0.05, 0.1) is 19.3 Å². The van der Waals surface area contributed by atoms with Crippen molar-refractivity contribution in [2.45, 2.75) is 59.3 Å². The van der Waals surface area contributed by atoms with Crippen molar-refractivity contribution in [3.63, 3.8) is 0 Å². The van der Waals surface area contributed by atoms with E-state index in [0.717, 1.165) is 17.0 Å². The molecule has 5 rings (SSSR count). The molecule has 0 saturated heterocycles. The highest BCUT2D eigenvalue weighted by molar-refractivity contribution is 5.68. The Balaban J connectivity index is 1.36. The van der Waals surface area contributed by atoms with E-state index >= 15 is 0 Å². The van der Waals surface area contributed by atoms with Crippen LogP contribution >= 0.6 is 0 Å². The minimum absolute atomic E-state index is 0.263. The van der Waals surface area contributed by atoms with Crippen LogP contribution in [-0.4, -0.2) is 60.2 Å². The fraction of sp³-hybridized carbons (Fsp3) is 0.440. The smallest absolute Gasteiger partial charge is 0.410 e. The van der Waals surface area contributed by atoms with E-state index in [1.165, 1.54) is 11.6 Å². The number of hydrogen-bond donors (Lipinski definition) is 0. The summed E-state index contributed by atoms with van der Waals surface area (Å²) in [4.78, 5) is 19.0. The molecule has 1 amide bonds. The van der Waals surface area contributed by atoms with Crippen LogP contribution in [0.1, 0.15) is 56.5 Å². The van der Waals surface area contributed by atoms with Gasteiger partial charge in [0.15, 0.2) is 17.1 Å². The van der Waals surface area contributed by atoms with Crippen molar-refractivity contribution < 1.29 is 23.5 Å². The molecule has 1 unspecified atom stereocenters. The Morgan fingerprint density at radius 2 is 2.00 bits per heavy atom. The normalized spacial score (nSPS) is 14.4. The van der Waals surface area contributed by atoms with E-state index < -0.39 is 11.7 Å². The zero-order valence-corrected chi connectivity index (χ0v) is 21.7. The monoisotopic (exact) mass is 507 g/mol. The molecule has 4 aromatic rings. The summed E-state index contributed by atoms with van der Waals surface area (Å²) in [6, 6.07) is 7.33. The van der Waals surface area contributed by atoms with Crippen LogP contribution in [0.15, 0.2) is 28.8 Å². The van der Waals surface area contributed by atoms with Gasteiger partial charge in [-0.3, -0.25) is 4.98 Å². The lowest BCUT2D eigenvalue weighted by Crippen LogP contribution is -2.40. The van der Waals surface area contributed by atoms with Gasteiger partial charge in [0.25, 0.3) is 5.88 Å². The first-order chi connectivity index (χ1) is 17.6. The SMILES string of the molecule is COc1cc2nnc(-c3cc(C)on3)n2nc1OC(C)c1ccc2c(n1)CCN(C(=O)OC(C)(C)C)C2. The average Bonchev–Trinajstić information content (AvgIpc) is 3.47. The van der Waals surface area contributed by atoms with Gasteiger partial charge < -0.3 is 23.6 Å². The van der Waals surface area contributed by atoms with Crippen molar-refractivity contribution >= 4 is 11.7 Å². The van der Waals surface area contributed by atoms with E-state index in [0.29, 0.717) is 48.2 Å². The topological polar surface area (TPSA) is 130 Å². The number of fused-ring (bicyclic) bond motifs is 2. The fourth-order valence-electron chi connectivity index (χ4n) is 4.03. The Morgan fingerprint density at radius 1 is 1.19 bits per heavy atom. The molecular formula is C25H29N7O5. The fourth-order valence-corrected chi connectivity index (χ4v) is 4.03. The largest absolute Gasteiger partial charge is 0.491 e. The number of pyridine rings is 1. The van der Waals surface area contributed by atoms with Crippen molar-refractivity contribution in [3.05, 3.63) is 47.0 Å². The summed E-state index contributed by atoms with van der Waals surface area (Å²) in [6.07, 6.45) is -0.118. The molecule has 1 atom stereocenters. The number of aromatic nitrogens is 6. The van der Waals surface area contributed by atoms with Crippen molar-refractivity contribution in [2.24, 2.45) is 0 Å². The highest BCUT2D eigenvalue weighted by atomic mass is 16.6. The number of aryl methyl sites for hydroxylation is 1. The Bertz CT molecular complexity index is 1460. The highest BCUT2D eigenvalue weighted by Crippen LogP contribution is 2.31. The van der Waals surface area contributed by atoms with E-state index in [9.17, 15) is 4.79 Å². The zero-order valence-electron chi connectivity index (χ0n) is 21.7. The number of ether oxygens (including phenoxy) is 3. The van der Waals surface area contributed by atoms with Crippen LogP contribution in [0, 0.1) is 6.92 Å². The molecule has 5 heterocycles. The lowest BCUT2D eigenvalue weighted by atomic mass is 10.0. The number of hydrogen-bond acceptors (Lipinski definition) is 10. The quantitative estimate of drug-likeness (QED) is 0.392. The maximum absolute atomic E-state index is 12.5. The summed E-state index contributed by atoms with van der Waals surface area (Å²) >= 11 is 0. The molecule has 0 aliphatic carbocycles. The maximum Gasteiger partial charge on any atom is 0.410 e. The molecule has 0 radical (unpaired) electrons. The van der Waals surface area contributed by atoms with Crippen LogP contribution in [0.3, 0.4) is 0 Å². The van der Waals surface area contributed by atoms with Crippen LogP contribution in [0.5, 0.6) is 11.6 Å². The van der Waals surface area contributed by atoms with Gasteiger partial charge in [-0.1, -0.05) is 11.2 Å². The summed E-state index contributed by atoms with van der Waals surface area (Å²) in [5.74, 6) is 1.76. The third-order valence-corrected chi connectivity index (χ3v) is 5.83. The molecule has 0 N–H and O–H groups in total. The average molecular weight is 508 g/mol. The molecule has 0 spiro atoms. The standard InChI is InChI=1S/C25H29N7O5/c1-14-11-19(30-37-14)22-28-27-21-12-20(34-6)23(29-32(21)22)35-15(2)17-8-7-16-13-31(10-9-18(16)26-17)24(33)36-25(3,4)5/h7-8,11-12,15H,9-10,13H2,1-6H3. The molecule has 37 heavy (non-hydrogen) atoms. The third-order valence-electron chi connectivity index (χ3n) is 5.83. The molecule has 12 nitrogen and oxygen atoms in total. The third kappa shape index (κ3) is 5.04. The molecule has 12 heteroatoms. The van der Waals surface area contributed by atoms with Crippen LogP contribution in [0.25, 0.3) is 17.2 Å². The first-order valence-corrected chi connectivity index (χ1v) is 12.0. The summed E-state index contributed by atoms with van der Waals surface area (Å²) in [7, 11) is 1.54. The van der Waals surface area contributed by atoms with Gasteiger partial charge in [0.2, 0.25) is 5.82 Å². The molecule has 0 fully saturated rings. The number of carbonyl (C=O) groups is 1. The van der Waals surface area contributed by atoms with Crippen LogP contribution in [-0.2, 0) is 17.7 Å². The molecule has 194 valence electrons. The second kappa shape index (κ2) is 9.34. The van der Waals surface area contributed by atoms with Crippen molar-refractivity contribution in [2.75, 3.05) is 13.7 Å². The van der Waals surface area contributed by atoms with E-state index in [2.05, 4.69) is 20.5 Å². The van der Waals surface area contributed by atoms with Gasteiger partial charge in [-0.2, -0.15) is 4.52 Å².